The van der Waals surface area contributed by atoms with E-state index in [1.807, 2.05) is 0 Å². The van der Waals surface area contributed by atoms with Crippen LogP contribution in [0, 0.1) is 5.41 Å². The third kappa shape index (κ3) is 6.15. The second-order valence-corrected chi connectivity index (χ2v) is 7.03. The quantitative estimate of drug-likeness (QED) is 0.714. The molecule has 0 heterocycles. The van der Waals surface area contributed by atoms with Crippen LogP contribution in [0.3, 0.4) is 0 Å². The molecule has 106 valence electrons. The van der Waals surface area contributed by atoms with Crippen molar-refractivity contribution in [1.29, 1.82) is 0 Å². The van der Waals surface area contributed by atoms with Crippen molar-refractivity contribution in [2.75, 3.05) is 12.4 Å². The fourth-order valence-corrected chi connectivity index (χ4v) is 2.73. The number of nitrogens with one attached hydrogen (secondary N) is 1. The summed E-state index contributed by atoms with van der Waals surface area (Å²) in [6.07, 6.45) is 1.93. The number of carbonyl (C=O) groups is 1. The van der Waals surface area contributed by atoms with Gasteiger partial charge in [-0.2, -0.15) is 0 Å². The van der Waals surface area contributed by atoms with Crippen LogP contribution in [0.15, 0.2) is 22.7 Å². The van der Waals surface area contributed by atoms with Crippen molar-refractivity contribution < 1.29 is 4.79 Å². The van der Waals surface area contributed by atoms with Gasteiger partial charge in [-0.25, -0.2) is 0 Å². The van der Waals surface area contributed by atoms with Crippen LogP contribution in [0.5, 0.6) is 0 Å². The molecule has 0 aliphatic rings. The van der Waals surface area contributed by atoms with Crippen molar-refractivity contribution in [3.8, 4) is 0 Å². The average Bonchev–Trinajstić information content (AvgIpc) is 2.32. The van der Waals surface area contributed by atoms with Gasteiger partial charge in [-0.05, 0) is 36.5 Å². The SMILES string of the molecule is CC(C)(CCCCl)CNC(=O)c1cc(Cl)cc(Br)c1. The van der Waals surface area contributed by atoms with Gasteiger partial charge in [0.05, 0.1) is 0 Å². The first kappa shape index (κ1) is 16.8. The summed E-state index contributed by atoms with van der Waals surface area (Å²) in [6, 6.07) is 5.17. The molecule has 0 spiro atoms. The van der Waals surface area contributed by atoms with Crippen molar-refractivity contribution in [2.24, 2.45) is 5.41 Å². The highest BCUT2D eigenvalue weighted by molar-refractivity contribution is 9.10. The highest BCUT2D eigenvalue weighted by Gasteiger charge is 2.19. The van der Waals surface area contributed by atoms with Gasteiger partial charge in [0, 0.05) is 27.5 Å². The predicted molar refractivity (Wildman–Crippen MR) is 85.2 cm³/mol. The van der Waals surface area contributed by atoms with E-state index in [0.717, 1.165) is 17.3 Å². The molecular formula is C14H18BrCl2NO. The second-order valence-electron chi connectivity index (χ2n) is 5.30. The molecular weight excluding hydrogens is 349 g/mol. The van der Waals surface area contributed by atoms with E-state index in [4.69, 9.17) is 23.2 Å². The third-order valence-corrected chi connectivity index (χ3v) is 3.78. The minimum atomic E-state index is -0.109. The second kappa shape index (κ2) is 7.51. The number of amides is 1. The van der Waals surface area contributed by atoms with Crippen LogP contribution in [0.4, 0.5) is 0 Å². The molecule has 0 radical (unpaired) electrons. The van der Waals surface area contributed by atoms with Gasteiger partial charge in [0.2, 0.25) is 0 Å². The molecule has 0 atom stereocenters. The van der Waals surface area contributed by atoms with E-state index >= 15 is 0 Å². The monoisotopic (exact) mass is 365 g/mol. The molecule has 0 aromatic heterocycles. The Hall–Kier alpha value is -0.250. The maximum Gasteiger partial charge on any atom is 0.251 e. The largest absolute Gasteiger partial charge is 0.352 e. The molecule has 19 heavy (non-hydrogen) atoms. The van der Waals surface area contributed by atoms with Gasteiger partial charge in [-0.1, -0.05) is 41.4 Å². The van der Waals surface area contributed by atoms with Gasteiger partial charge < -0.3 is 5.32 Å². The first-order chi connectivity index (χ1) is 8.84. The molecule has 0 unspecified atom stereocenters. The Labute approximate surface area is 133 Å². The smallest absolute Gasteiger partial charge is 0.251 e. The standard InChI is InChI=1S/C14H18BrCl2NO/c1-14(2,4-3-5-16)9-18-13(19)10-6-11(15)8-12(17)7-10/h6-8H,3-5,9H2,1-2H3,(H,18,19). The zero-order chi connectivity index (χ0) is 14.5. The maximum absolute atomic E-state index is 12.1. The van der Waals surface area contributed by atoms with Gasteiger partial charge >= 0.3 is 0 Å². The normalized spacial score (nSPS) is 11.4. The zero-order valence-electron chi connectivity index (χ0n) is 11.1. The van der Waals surface area contributed by atoms with Gasteiger partial charge in [-0.15, -0.1) is 11.6 Å². The number of benzene rings is 1. The fourth-order valence-electron chi connectivity index (χ4n) is 1.74. The van der Waals surface area contributed by atoms with E-state index < -0.39 is 0 Å². The molecule has 0 saturated heterocycles. The molecule has 1 rings (SSSR count). The summed E-state index contributed by atoms with van der Waals surface area (Å²) in [5.74, 6) is 0.542. The molecule has 5 heteroatoms. The molecule has 1 N–H and O–H groups in total. The van der Waals surface area contributed by atoms with Gasteiger partial charge in [0.25, 0.3) is 5.91 Å². The lowest BCUT2D eigenvalue weighted by Crippen LogP contribution is -2.34. The highest BCUT2D eigenvalue weighted by Crippen LogP contribution is 2.22. The van der Waals surface area contributed by atoms with Crippen molar-refractivity contribution >= 4 is 45.0 Å². The molecule has 1 amide bonds. The molecule has 2 nitrogen and oxygen atoms in total. The van der Waals surface area contributed by atoms with Crippen LogP contribution < -0.4 is 5.32 Å². The van der Waals surface area contributed by atoms with Crippen LogP contribution >= 0.6 is 39.1 Å². The molecule has 0 aliphatic heterocycles. The number of hydrogen-bond donors (Lipinski definition) is 1. The third-order valence-electron chi connectivity index (χ3n) is 2.84. The Morgan fingerprint density at radius 2 is 2.05 bits per heavy atom. The average molecular weight is 367 g/mol. The molecule has 1 aromatic carbocycles. The van der Waals surface area contributed by atoms with Gasteiger partial charge in [0.1, 0.15) is 0 Å². The first-order valence-electron chi connectivity index (χ1n) is 6.14. The summed E-state index contributed by atoms with van der Waals surface area (Å²) in [5, 5.41) is 3.48. The summed E-state index contributed by atoms with van der Waals surface area (Å²) in [4.78, 5) is 12.1. The molecule has 0 aliphatic carbocycles. The lowest BCUT2D eigenvalue weighted by atomic mass is 9.88. The van der Waals surface area contributed by atoms with E-state index in [9.17, 15) is 4.79 Å². The van der Waals surface area contributed by atoms with E-state index in [1.54, 1.807) is 18.2 Å². The number of carbonyl (C=O) groups excluding carboxylic acids is 1. The van der Waals surface area contributed by atoms with E-state index in [0.29, 0.717) is 23.0 Å². The van der Waals surface area contributed by atoms with Crippen LogP contribution in [0.2, 0.25) is 5.02 Å². The highest BCUT2D eigenvalue weighted by atomic mass is 79.9. The number of alkyl halides is 1. The van der Waals surface area contributed by atoms with E-state index in [2.05, 4.69) is 35.1 Å². The Bertz CT molecular complexity index is 429. The Morgan fingerprint density at radius 3 is 2.63 bits per heavy atom. The predicted octanol–water partition coefficient (Wildman–Crippen LogP) is 4.88. The first-order valence-corrected chi connectivity index (χ1v) is 7.85. The van der Waals surface area contributed by atoms with E-state index in [1.165, 1.54) is 0 Å². The van der Waals surface area contributed by atoms with Crippen molar-refractivity contribution in [3.63, 3.8) is 0 Å². The Kier molecular flexibility index (Phi) is 6.64. The van der Waals surface area contributed by atoms with Crippen LogP contribution in [0.25, 0.3) is 0 Å². The number of rotatable bonds is 6. The van der Waals surface area contributed by atoms with Crippen molar-refractivity contribution in [2.45, 2.75) is 26.7 Å². The number of hydrogen-bond acceptors (Lipinski definition) is 1. The minimum Gasteiger partial charge on any atom is -0.352 e. The van der Waals surface area contributed by atoms with Crippen LogP contribution in [0.1, 0.15) is 37.0 Å². The van der Waals surface area contributed by atoms with E-state index in [-0.39, 0.29) is 11.3 Å². The topological polar surface area (TPSA) is 29.1 Å². The maximum atomic E-state index is 12.1. The minimum absolute atomic E-state index is 0.0420. The summed E-state index contributed by atoms with van der Waals surface area (Å²) < 4.78 is 0.798. The van der Waals surface area contributed by atoms with Gasteiger partial charge in [0.15, 0.2) is 0 Å². The van der Waals surface area contributed by atoms with Crippen molar-refractivity contribution in [1.82, 2.24) is 5.32 Å². The molecule has 0 saturated carbocycles. The van der Waals surface area contributed by atoms with Crippen molar-refractivity contribution in [3.05, 3.63) is 33.3 Å². The van der Waals surface area contributed by atoms with Crippen LogP contribution in [-0.2, 0) is 0 Å². The summed E-state index contributed by atoms with van der Waals surface area (Å²) >= 11 is 14.9. The molecule has 0 bridgehead atoms. The Balaban J connectivity index is 2.60. The molecule has 0 fully saturated rings. The molecule has 1 aromatic rings. The summed E-state index contributed by atoms with van der Waals surface area (Å²) in [6.45, 7) is 4.86. The fraction of sp³-hybridized carbons (Fsp3) is 0.500. The number of halogens is 3. The lowest BCUT2D eigenvalue weighted by Gasteiger charge is -2.24. The lowest BCUT2D eigenvalue weighted by molar-refractivity contribution is 0.0934. The van der Waals surface area contributed by atoms with Gasteiger partial charge in [-0.3, -0.25) is 4.79 Å². The zero-order valence-corrected chi connectivity index (χ0v) is 14.2. The summed E-state index contributed by atoms with van der Waals surface area (Å²) in [7, 11) is 0. The Morgan fingerprint density at radius 1 is 1.37 bits per heavy atom. The van der Waals surface area contributed by atoms with Crippen LogP contribution in [-0.4, -0.2) is 18.3 Å². The summed E-state index contributed by atoms with van der Waals surface area (Å²) in [5.41, 5.74) is 0.605.